The van der Waals surface area contributed by atoms with Crippen molar-refractivity contribution in [1.29, 1.82) is 0 Å². The molecule has 0 atom stereocenters. The van der Waals surface area contributed by atoms with Crippen molar-refractivity contribution in [2.45, 2.75) is 51.7 Å². The van der Waals surface area contributed by atoms with Gasteiger partial charge in [0.05, 0.1) is 16.7 Å². The van der Waals surface area contributed by atoms with E-state index in [4.69, 9.17) is 0 Å². The number of carbonyl (C=O) groups is 1. The summed E-state index contributed by atoms with van der Waals surface area (Å²) in [5, 5.41) is 4.12. The van der Waals surface area contributed by atoms with Gasteiger partial charge < -0.3 is 5.32 Å². The highest BCUT2D eigenvalue weighted by Crippen LogP contribution is 2.21. The maximum Gasteiger partial charge on any atom is 0.262 e. The number of thioether (sulfide) groups is 1. The Kier molecular flexibility index (Phi) is 8.15. The molecule has 0 saturated carbocycles. The van der Waals surface area contributed by atoms with Gasteiger partial charge in [0.1, 0.15) is 0 Å². The van der Waals surface area contributed by atoms with E-state index in [0.717, 1.165) is 23.7 Å². The smallest absolute Gasteiger partial charge is 0.262 e. The fourth-order valence-corrected chi connectivity index (χ4v) is 3.79. The second kappa shape index (κ2) is 10.1. The molecular weight excluding hydrogens is 414 g/mol. The number of halogens is 1. The van der Waals surface area contributed by atoms with Gasteiger partial charge in [-0.25, -0.2) is 4.98 Å². The number of fused-ring (bicyclic) bond motifs is 1. The first kappa shape index (κ1) is 21.0. The summed E-state index contributed by atoms with van der Waals surface area (Å²) in [6, 6.07) is 5.50. The van der Waals surface area contributed by atoms with Crippen molar-refractivity contribution in [2.75, 3.05) is 12.3 Å². The predicted octanol–water partition coefficient (Wildman–Crippen LogP) is 4.21. The van der Waals surface area contributed by atoms with Crippen LogP contribution in [0.1, 0.15) is 40.0 Å². The molecule has 0 unspecified atom stereocenters. The molecule has 26 heavy (non-hydrogen) atoms. The van der Waals surface area contributed by atoms with Crippen LogP contribution in [0.4, 0.5) is 0 Å². The third-order valence-corrected chi connectivity index (χ3v) is 5.33. The van der Waals surface area contributed by atoms with Crippen LogP contribution >= 0.6 is 27.7 Å². The zero-order chi connectivity index (χ0) is 19.1. The van der Waals surface area contributed by atoms with Crippen LogP contribution in [0, 0.1) is 5.92 Å². The monoisotopic (exact) mass is 439 g/mol. The first-order valence-electron chi connectivity index (χ1n) is 9.02. The summed E-state index contributed by atoms with van der Waals surface area (Å²) in [5.74, 6) is 0.548. The van der Waals surface area contributed by atoms with Crippen molar-refractivity contribution >= 4 is 44.5 Å². The van der Waals surface area contributed by atoms with Crippen LogP contribution in [0.3, 0.4) is 0 Å². The SMILES string of the molecule is CCCCCNC(=O)CSc1nc2ccc(Br)cc2c(=O)n1CC(C)C. The Morgan fingerprint density at radius 2 is 2.12 bits per heavy atom. The van der Waals surface area contributed by atoms with E-state index in [9.17, 15) is 9.59 Å². The van der Waals surface area contributed by atoms with Gasteiger partial charge in [0.25, 0.3) is 5.56 Å². The molecule has 0 saturated heterocycles. The number of rotatable bonds is 9. The molecule has 0 radical (unpaired) electrons. The van der Waals surface area contributed by atoms with Crippen LogP contribution in [-0.4, -0.2) is 27.8 Å². The van der Waals surface area contributed by atoms with Gasteiger partial charge in [0.2, 0.25) is 5.91 Å². The van der Waals surface area contributed by atoms with Gasteiger partial charge in [0.15, 0.2) is 5.16 Å². The lowest BCUT2D eigenvalue weighted by Crippen LogP contribution is -2.28. The Hall–Kier alpha value is -1.34. The van der Waals surface area contributed by atoms with Crippen molar-refractivity contribution < 1.29 is 4.79 Å². The molecule has 0 aliphatic carbocycles. The van der Waals surface area contributed by atoms with Gasteiger partial charge in [-0.3, -0.25) is 14.2 Å². The Morgan fingerprint density at radius 3 is 2.81 bits per heavy atom. The minimum atomic E-state index is -0.0594. The molecular formula is C19H26BrN3O2S. The number of carbonyl (C=O) groups excluding carboxylic acids is 1. The minimum Gasteiger partial charge on any atom is -0.355 e. The van der Waals surface area contributed by atoms with E-state index in [1.165, 1.54) is 11.8 Å². The van der Waals surface area contributed by atoms with E-state index in [-0.39, 0.29) is 17.2 Å². The van der Waals surface area contributed by atoms with Gasteiger partial charge in [-0.05, 0) is 30.5 Å². The number of hydrogen-bond acceptors (Lipinski definition) is 4. The molecule has 0 bridgehead atoms. The summed E-state index contributed by atoms with van der Waals surface area (Å²) < 4.78 is 2.54. The third-order valence-electron chi connectivity index (χ3n) is 3.86. The quantitative estimate of drug-likeness (QED) is 0.361. The highest BCUT2D eigenvalue weighted by molar-refractivity contribution is 9.10. The summed E-state index contributed by atoms with van der Waals surface area (Å²) in [4.78, 5) is 29.6. The number of unbranched alkanes of at least 4 members (excludes halogenated alkanes) is 2. The van der Waals surface area contributed by atoms with Crippen LogP contribution in [0.5, 0.6) is 0 Å². The molecule has 1 heterocycles. The van der Waals surface area contributed by atoms with Crippen LogP contribution < -0.4 is 10.9 Å². The van der Waals surface area contributed by atoms with Gasteiger partial charge in [-0.2, -0.15) is 0 Å². The standard InChI is InChI=1S/C19H26BrN3O2S/c1-4-5-6-9-21-17(24)12-26-19-22-16-8-7-14(20)10-15(16)18(25)23(19)11-13(2)3/h7-8,10,13H,4-6,9,11-12H2,1-3H3,(H,21,24). The Bertz CT molecular complexity index is 820. The van der Waals surface area contributed by atoms with E-state index >= 15 is 0 Å². The zero-order valence-corrected chi connectivity index (χ0v) is 18.0. The summed E-state index contributed by atoms with van der Waals surface area (Å²) in [6.45, 7) is 7.54. The second-order valence-electron chi connectivity index (χ2n) is 6.71. The molecule has 142 valence electrons. The maximum atomic E-state index is 12.9. The van der Waals surface area contributed by atoms with Crippen molar-refractivity contribution in [2.24, 2.45) is 5.92 Å². The lowest BCUT2D eigenvalue weighted by molar-refractivity contribution is -0.118. The van der Waals surface area contributed by atoms with Crippen LogP contribution in [-0.2, 0) is 11.3 Å². The molecule has 7 heteroatoms. The lowest BCUT2D eigenvalue weighted by atomic mass is 10.2. The van der Waals surface area contributed by atoms with Gasteiger partial charge >= 0.3 is 0 Å². The Labute approximate surface area is 167 Å². The van der Waals surface area contributed by atoms with Gasteiger partial charge in [0, 0.05) is 17.6 Å². The highest BCUT2D eigenvalue weighted by atomic mass is 79.9. The Morgan fingerprint density at radius 1 is 1.35 bits per heavy atom. The molecule has 0 aliphatic heterocycles. The molecule has 2 aromatic rings. The zero-order valence-electron chi connectivity index (χ0n) is 15.5. The largest absolute Gasteiger partial charge is 0.355 e. The van der Waals surface area contributed by atoms with Crippen molar-refractivity contribution in [3.05, 3.63) is 33.0 Å². The summed E-state index contributed by atoms with van der Waals surface area (Å²) in [6.07, 6.45) is 3.24. The second-order valence-corrected chi connectivity index (χ2v) is 8.57. The molecule has 0 spiro atoms. The fraction of sp³-hybridized carbons (Fsp3) is 0.526. The molecule has 5 nitrogen and oxygen atoms in total. The molecule has 0 aliphatic rings. The topological polar surface area (TPSA) is 64.0 Å². The normalized spacial score (nSPS) is 11.3. The molecule has 0 fully saturated rings. The number of benzene rings is 1. The number of aromatic nitrogens is 2. The fourth-order valence-electron chi connectivity index (χ4n) is 2.59. The Balaban J connectivity index is 2.20. The van der Waals surface area contributed by atoms with Crippen LogP contribution in [0.2, 0.25) is 0 Å². The third kappa shape index (κ3) is 5.84. The van der Waals surface area contributed by atoms with Crippen molar-refractivity contribution in [3.63, 3.8) is 0 Å². The highest BCUT2D eigenvalue weighted by Gasteiger charge is 2.14. The van der Waals surface area contributed by atoms with Crippen LogP contribution in [0.25, 0.3) is 10.9 Å². The number of amides is 1. The van der Waals surface area contributed by atoms with Gasteiger partial charge in [-0.15, -0.1) is 0 Å². The van der Waals surface area contributed by atoms with E-state index in [1.54, 1.807) is 10.6 Å². The first-order chi connectivity index (χ1) is 12.4. The number of nitrogens with one attached hydrogen (secondary N) is 1. The number of hydrogen-bond donors (Lipinski definition) is 1. The average molecular weight is 440 g/mol. The molecule has 2 rings (SSSR count). The molecule has 1 aromatic heterocycles. The van der Waals surface area contributed by atoms with Crippen LogP contribution in [0.15, 0.2) is 32.6 Å². The maximum absolute atomic E-state index is 12.9. The molecule has 1 amide bonds. The van der Waals surface area contributed by atoms with E-state index in [0.29, 0.717) is 35.1 Å². The number of nitrogens with zero attached hydrogens (tertiary/aromatic N) is 2. The average Bonchev–Trinajstić information content (AvgIpc) is 2.60. The van der Waals surface area contributed by atoms with E-state index < -0.39 is 0 Å². The first-order valence-corrected chi connectivity index (χ1v) is 10.8. The summed E-state index contributed by atoms with van der Waals surface area (Å²) in [7, 11) is 0. The minimum absolute atomic E-state index is 0.0210. The van der Waals surface area contributed by atoms with Crippen molar-refractivity contribution in [3.8, 4) is 0 Å². The van der Waals surface area contributed by atoms with Crippen molar-refractivity contribution in [1.82, 2.24) is 14.9 Å². The lowest BCUT2D eigenvalue weighted by Gasteiger charge is -2.15. The predicted molar refractivity (Wildman–Crippen MR) is 112 cm³/mol. The summed E-state index contributed by atoms with van der Waals surface area (Å²) >= 11 is 4.73. The van der Waals surface area contributed by atoms with Gasteiger partial charge in [-0.1, -0.05) is 61.3 Å². The molecule has 1 aromatic carbocycles. The summed E-state index contributed by atoms with van der Waals surface area (Å²) in [5.41, 5.74) is 0.597. The molecule has 1 N–H and O–H groups in total. The van der Waals surface area contributed by atoms with E-state index in [2.05, 4.69) is 47.0 Å². The van der Waals surface area contributed by atoms with E-state index in [1.807, 2.05) is 12.1 Å².